The standard InChI is InChI=1S/C17H26INO/c1-5-16-11(2)12(3)17(13(4)20-16)19-10-14-6-8-15(18)9-7-14/h6-9,11-13,16-17,19H,5,10H2,1-4H3/t11-,12-,13?,16+,17+/m0/s1. The topological polar surface area (TPSA) is 21.3 Å². The van der Waals surface area contributed by atoms with E-state index in [1.165, 1.54) is 9.13 Å². The van der Waals surface area contributed by atoms with Crippen LogP contribution in [0.15, 0.2) is 24.3 Å². The zero-order valence-electron chi connectivity index (χ0n) is 12.9. The molecule has 20 heavy (non-hydrogen) atoms. The Morgan fingerprint density at radius 1 is 1.10 bits per heavy atom. The molecule has 1 aromatic rings. The Labute approximate surface area is 136 Å². The second-order valence-corrected chi connectivity index (χ2v) is 7.28. The van der Waals surface area contributed by atoms with Crippen molar-refractivity contribution in [3.8, 4) is 0 Å². The van der Waals surface area contributed by atoms with Crippen molar-refractivity contribution >= 4 is 22.6 Å². The van der Waals surface area contributed by atoms with E-state index in [-0.39, 0.29) is 6.10 Å². The van der Waals surface area contributed by atoms with Gasteiger partial charge >= 0.3 is 0 Å². The molecule has 1 aliphatic heterocycles. The number of halogens is 1. The summed E-state index contributed by atoms with van der Waals surface area (Å²) in [6.45, 7) is 10.0. The first-order valence-corrected chi connectivity index (χ1v) is 8.74. The molecule has 1 unspecified atom stereocenters. The summed E-state index contributed by atoms with van der Waals surface area (Å²) in [7, 11) is 0. The smallest absolute Gasteiger partial charge is 0.0706 e. The number of hydrogen-bond donors (Lipinski definition) is 1. The average molecular weight is 387 g/mol. The van der Waals surface area contributed by atoms with E-state index in [2.05, 4.69) is 79.9 Å². The summed E-state index contributed by atoms with van der Waals surface area (Å²) >= 11 is 2.34. The minimum absolute atomic E-state index is 0.287. The highest BCUT2D eigenvalue weighted by Gasteiger charge is 2.38. The van der Waals surface area contributed by atoms with E-state index in [0.29, 0.717) is 24.0 Å². The lowest BCUT2D eigenvalue weighted by Crippen LogP contribution is -2.54. The van der Waals surface area contributed by atoms with Crippen LogP contribution in [-0.4, -0.2) is 18.2 Å². The molecule has 0 saturated carbocycles. The van der Waals surface area contributed by atoms with Crippen LogP contribution in [0.2, 0.25) is 0 Å². The molecular formula is C17H26INO. The zero-order chi connectivity index (χ0) is 14.7. The molecule has 1 aliphatic rings. The van der Waals surface area contributed by atoms with Crippen molar-refractivity contribution in [1.29, 1.82) is 0 Å². The Morgan fingerprint density at radius 2 is 1.75 bits per heavy atom. The Bertz CT molecular complexity index is 420. The van der Waals surface area contributed by atoms with Crippen LogP contribution in [0.5, 0.6) is 0 Å². The quantitative estimate of drug-likeness (QED) is 0.782. The van der Waals surface area contributed by atoms with Gasteiger partial charge in [-0.15, -0.1) is 0 Å². The molecule has 0 aliphatic carbocycles. The van der Waals surface area contributed by atoms with Gasteiger partial charge in [-0.05, 0) is 65.5 Å². The molecule has 3 heteroatoms. The number of ether oxygens (including phenoxy) is 1. The Hall–Kier alpha value is -0.130. The SMILES string of the molecule is CC[C@H]1OC(C)[C@H](NCc2ccc(I)cc2)[C@@H](C)[C@@H]1C. The summed E-state index contributed by atoms with van der Waals surface area (Å²) < 4.78 is 7.46. The molecule has 0 bridgehead atoms. The Balaban J connectivity index is 1.96. The van der Waals surface area contributed by atoms with Crippen LogP contribution < -0.4 is 5.32 Å². The number of hydrogen-bond acceptors (Lipinski definition) is 2. The molecule has 1 aromatic carbocycles. The van der Waals surface area contributed by atoms with Gasteiger partial charge in [0.25, 0.3) is 0 Å². The first-order chi connectivity index (χ1) is 9.52. The van der Waals surface area contributed by atoms with Gasteiger partial charge in [-0.25, -0.2) is 0 Å². The highest BCUT2D eigenvalue weighted by Crippen LogP contribution is 2.32. The normalized spacial score (nSPS) is 34.1. The molecule has 0 aromatic heterocycles. The average Bonchev–Trinajstić information content (AvgIpc) is 2.44. The van der Waals surface area contributed by atoms with Gasteiger partial charge < -0.3 is 10.1 Å². The van der Waals surface area contributed by atoms with E-state index in [1.54, 1.807) is 0 Å². The lowest BCUT2D eigenvalue weighted by atomic mass is 9.79. The lowest BCUT2D eigenvalue weighted by molar-refractivity contribution is -0.114. The summed E-state index contributed by atoms with van der Waals surface area (Å²) in [5, 5.41) is 3.70. The van der Waals surface area contributed by atoms with Gasteiger partial charge in [0.05, 0.1) is 12.2 Å². The number of nitrogens with one attached hydrogen (secondary N) is 1. The molecule has 1 saturated heterocycles. The minimum atomic E-state index is 0.287. The van der Waals surface area contributed by atoms with Crippen LogP contribution in [0.4, 0.5) is 0 Å². The van der Waals surface area contributed by atoms with Gasteiger partial charge in [-0.2, -0.15) is 0 Å². The molecule has 0 spiro atoms. The van der Waals surface area contributed by atoms with E-state index >= 15 is 0 Å². The maximum Gasteiger partial charge on any atom is 0.0706 e. The minimum Gasteiger partial charge on any atom is -0.373 e. The molecule has 1 N–H and O–H groups in total. The van der Waals surface area contributed by atoms with Crippen LogP contribution in [0.3, 0.4) is 0 Å². The Kier molecular flexibility index (Phi) is 5.87. The van der Waals surface area contributed by atoms with E-state index in [1.807, 2.05) is 0 Å². The molecule has 1 heterocycles. The van der Waals surface area contributed by atoms with Crippen molar-refractivity contribution < 1.29 is 4.74 Å². The first-order valence-electron chi connectivity index (χ1n) is 7.66. The van der Waals surface area contributed by atoms with Crippen LogP contribution >= 0.6 is 22.6 Å². The summed E-state index contributed by atoms with van der Waals surface area (Å²) in [5.74, 6) is 1.26. The van der Waals surface area contributed by atoms with Crippen molar-refractivity contribution in [3.05, 3.63) is 33.4 Å². The van der Waals surface area contributed by atoms with E-state index in [9.17, 15) is 0 Å². The van der Waals surface area contributed by atoms with Crippen molar-refractivity contribution in [2.75, 3.05) is 0 Å². The number of benzene rings is 1. The third-order valence-electron chi connectivity index (χ3n) is 4.73. The Morgan fingerprint density at radius 3 is 2.35 bits per heavy atom. The van der Waals surface area contributed by atoms with Crippen molar-refractivity contribution in [2.45, 2.75) is 58.9 Å². The van der Waals surface area contributed by atoms with Crippen molar-refractivity contribution in [1.82, 2.24) is 5.32 Å². The van der Waals surface area contributed by atoms with Gasteiger partial charge in [0.1, 0.15) is 0 Å². The van der Waals surface area contributed by atoms with E-state index in [4.69, 9.17) is 4.74 Å². The van der Waals surface area contributed by atoms with Gasteiger partial charge in [0, 0.05) is 16.2 Å². The van der Waals surface area contributed by atoms with E-state index in [0.717, 1.165) is 13.0 Å². The van der Waals surface area contributed by atoms with Gasteiger partial charge in [0.2, 0.25) is 0 Å². The monoisotopic (exact) mass is 387 g/mol. The molecule has 5 atom stereocenters. The summed E-state index contributed by atoms with van der Waals surface area (Å²) in [4.78, 5) is 0. The third-order valence-corrected chi connectivity index (χ3v) is 5.45. The fourth-order valence-corrected chi connectivity index (χ4v) is 3.59. The van der Waals surface area contributed by atoms with Crippen molar-refractivity contribution in [3.63, 3.8) is 0 Å². The fraction of sp³-hybridized carbons (Fsp3) is 0.647. The van der Waals surface area contributed by atoms with Crippen LogP contribution in [0.25, 0.3) is 0 Å². The second kappa shape index (κ2) is 7.23. The maximum atomic E-state index is 6.17. The molecule has 0 amide bonds. The molecule has 1 fully saturated rings. The number of rotatable bonds is 4. The van der Waals surface area contributed by atoms with Crippen LogP contribution in [0, 0.1) is 15.4 Å². The molecule has 2 nitrogen and oxygen atoms in total. The summed E-state index contributed by atoms with van der Waals surface area (Å²) in [5.41, 5.74) is 1.34. The van der Waals surface area contributed by atoms with Crippen LogP contribution in [-0.2, 0) is 11.3 Å². The van der Waals surface area contributed by atoms with Gasteiger partial charge in [-0.3, -0.25) is 0 Å². The zero-order valence-corrected chi connectivity index (χ0v) is 15.1. The molecule has 2 rings (SSSR count). The van der Waals surface area contributed by atoms with Crippen molar-refractivity contribution in [2.24, 2.45) is 11.8 Å². The van der Waals surface area contributed by atoms with E-state index < -0.39 is 0 Å². The molecular weight excluding hydrogens is 361 g/mol. The van der Waals surface area contributed by atoms with Crippen LogP contribution in [0.1, 0.15) is 39.7 Å². The third kappa shape index (κ3) is 3.74. The van der Waals surface area contributed by atoms with Gasteiger partial charge in [-0.1, -0.05) is 32.9 Å². The molecule has 112 valence electrons. The molecule has 0 radical (unpaired) electrons. The highest BCUT2D eigenvalue weighted by molar-refractivity contribution is 14.1. The largest absolute Gasteiger partial charge is 0.373 e. The maximum absolute atomic E-state index is 6.17. The first kappa shape index (κ1) is 16.2. The summed E-state index contributed by atoms with van der Waals surface area (Å²) in [6.07, 6.45) is 1.81. The predicted octanol–water partition coefficient (Wildman–Crippen LogP) is 4.22. The highest BCUT2D eigenvalue weighted by atomic mass is 127. The van der Waals surface area contributed by atoms with Gasteiger partial charge in [0.15, 0.2) is 0 Å². The second-order valence-electron chi connectivity index (χ2n) is 6.04. The lowest BCUT2D eigenvalue weighted by Gasteiger charge is -2.44. The fourth-order valence-electron chi connectivity index (χ4n) is 3.24. The summed E-state index contributed by atoms with van der Waals surface area (Å²) in [6, 6.07) is 9.17. The predicted molar refractivity (Wildman–Crippen MR) is 92.7 cm³/mol.